The Morgan fingerprint density at radius 3 is 1.67 bits per heavy atom. The maximum Gasteiger partial charge on any atom is 0.0419 e. The highest BCUT2D eigenvalue weighted by Crippen LogP contribution is 2.06. The summed E-state index contributed by atoms with van der Waals surface area (Å²) in [5.41, 5.74) is 6.81. The normalized spacial score (nSPS) is 8.67. The van der Waals surface area contributed by atoms with E-state index in [1.807, 2.05) is 66.6 Å². The molecule has 0 rings (SSSR count). The molecule has 0 bridgehead atoms. The van der Waals surface area contributed by atoms with Gasteiger partial charge in [0.15, 0.2) is 0 Å². The fraction of sp³-hybridized carbons (Fsp3) is 0.857. The second-order valence-electron chi connectivity index (χ2n) is 4.17. The molecule has 150 valence electrons. The molecule has 0 fully saturated rings. The largest absolute Gasteiger partial charge is 0.401 e. The van der Waals surface area contributed by atoms with E-state index < -0.39 is 0 Å². The van der Waals surface area contributed by atoms with Crippen LogP contribution in [0.25, 0.3) is 0 Å². The summed E-state index contributed by atoms with van der Waals surface area (Å²) in [7, 11) is 0. The Morgan fingerprint density at radius 1 is 0.833 bits per heavy atom. The molecule has 0 aliphatic carbocycles. The van der Waals surface area contributed by atoms with E-state index in [0.29, 0.717) is 0 Å². The third-order valence-electron chi connectivity index (χ3n) is 2.56. The highest BCUT2D eigenvalue weighted by Gasteiger charge is 1.98. The van der Waals surface area contributed by atoms with Crippen molar-refractivity contribution in [3.63, 3.8) is 0 Å². The fourth-order valence-corrected chi connectivity index (χ4v) is 1.51. The lowest BCUT2D eigenvalue weighted by Gasteiger charge is -2.14. The van der Waals surface area contributed by atoms with Gasteiger partial charge in [-0.3, -0.25) is 5.01 Å². The van der Waals surface area contributed by atoms with Crippen molar-refractivity contribution in [2.24, 2.45) is 10.8 Å². The lowest BCUT2D eigenvalue weighted by atomic mass is 10.2. The van der Waals surface area contributed by atoms with Gasteiger partial charge in [-0.1, -0.05) is 94.9 Å². The number of nitrogens with zero attached hydrogens (tertiary/aromatic N) is 2. The Balaban J connectivity index is -0.000000130. The first kappa shape index (κ1) is 34.4. The summed E-state index contributed by atoms with van der Waals surface area (Å²) in [5, 5.41) is 5.82. The van der Waals surface area contributed by atoms with Gasteiger partial charge in [0, 0.05) is 25.2 Å². The highest BCUT2D eigenvalue weighted by atomic mass is 15.4. The van der Waals surface area contributed by atoms with Crippen molar-refractivity contribution in [2.45, 2.75) is 114 Å². The van der Waals surface area contributed by atoms with Gasteiger partial charge in [0.2, 0.25) is 0 Å². The minimum Gasteiger partial charge on any atom is -0.401 e. The minimum absolute atomic E-state index is 0.907. The Kier molecular flexibility index (Phi) is 61.7. The van der Waals surface area contributed by atoms with Crippen molar-refractivity contribution in [1.29, 1.82) is 0 Å². The van der Waals surface area contributed by atoms with Crippen LogP contribution in [0, 0.1) is 0 Å². The van der Waals surface area contributed by atoms with Crippen molar-refractivity contribution in [3.8, 4) is 0 Å². The molecule has 0 saturated carbocycles. The number of hydrogen-bond acceptors (Lipinski definition) is 3. The van der Waals surface area contributed by atoms with E-state index in [1.54, 1.807) is 0 Å². The van der Waals surface area contributed by atoms with E-state index in [2.05, 4.69) is 25.7 Å². The van der Waals surface area contributed by atoms with Gasteiger partial charge < -0.3 is 5.73 Å². The molecular formula is C21H51N3. The SMILES string of the molecule is C=NN(/C=C(\N)CCCC)CCCCCC.CC.CC.CC.CC. The van der Waals surface area contributed by atoms with Gasteiger partial charge in [-0.25, -0.2) is 0 Å². The third-order valence-corrected chi connectivity index (χ3v) is 2.56. The number of nitrogens with two attached hydrogens (primary N) is 1. The van der Waals surface area contributed by atoms with Crippen LogP contribution in [0.1, 0.15) is 114 Å². The lowest BCUT2D eigenvalue weighted by Crippen LogP contribution is -2.14. The maximum atomic E-state index is 5.90. The van der Waals surface area contributed by atoms with E-state index >= 15 is 0 Å². The van der Waals surface area contributed by atoms with Crippen LogP contribution in [0.5, 0.6) is 0 Å². The van der Waals surface area contributed by atoms with Gasteiger partial charge in [0.1, 0.15) is 0 Å². The second-order valence-corrected chi connectivity index (χ2v) is 4.17. The number of allylic oxidation sites excluding steroid dienone is 1. The summed E-state index contributed by atoms with van der Waals surface area (Å²) in [4.78, 5) is 0. The summed E-state index contributed by atoms with van der Waals surface area (Å²) in [6, 6.07) is 0. The van der Waals surface area contributed by atoms with Gasteiger partial charge in [-0.15, -0.1) is 0 Å². The minimum atomic E-state index is 0.907. The molecule has 0 spiro atoms. The first-order valence-electron chi connectivity index (χ1n) is 10.4. The molecule has 3 nitrogen and oxygen atoms in total. The molecule has 2 N–H and O–H groups in total. The zero-order valence-electron chi connectivity index (χ0n) is 18.9. The van der Waals surface area contributed by atoms with Gasteiger partial charge >= 0.3 is 0 Å². The summed E-state index contributed by atoms with van der Waals surface area (Å²) in [6.45, 7) is 24.9. The van der Waals surface area contributed by atoms with Crippen LogP contribution in [0.4, 0.5) is 0 Å². The van der Waals surface area contributed by atoms with Crippen LogP contribution < -0.4 is 5.73 Å². The van der Waals surface area contributed by atoms with Crippen molar-refractivity contribution in [2.75, 3.05) is 6.54 Å². The summed E-state index contributed by atoms with van der Waals surface area (Å²) in [5.74, 6) is 0. The standard InChI is InChI=1S/C13H27N3.4C2H6/c1-4-6-8-9-11-16(15-3)12-13(14)10-7-5-2;4*1-2/h12H,3-11,14H2,1-2H3;4*1-2H3/b13-12-;;;;. The topological polar surface area (TPSA) is 41.6 Å². The van der Waals surface area contributed by atoms with Crippen molar-refractivity contribution >= 4 is 6.72 Å². The number of hydrazone groups is 1. The summed E-state index contributed by atoms with van der Waals surface area (Å²) < 4.78 is 0. The molecule has 24 heavy (non-hydrogen) atoms. The summed E-state index contributed by atoms with van der Waals surface area (Å²) >= 11 is 0. The van der Waals surface area contributed by atoms with Gasteiger partial charge in [0.05, 0.1) is 0 Å². The predicted molar refractivity (Wildman–Crippen MR) is 118 cm³/mol. The molecule has 0 aromatic heterocycles. The molecule has 0 amide bonds. The van der Waals surface area contributed by atoms with Crippen LogP contribution in [0.3, 0.4) is 0 Å². The van der Waals surface area contributed by atoms with E-state index in [0.717, 1.165) is 31.5 Å². The first-order chi connectivity index (χ1) is 11.7. The van der Waals surface area contributed by atoms with Crippen LogP contribution in [0.2, 0.25) is 0 Å². The molecule has 0 saturated heterocycles. The third kappa shape index (κ3) is 37.3. The average molecular weight is 346 g/mol. The van der Waals surface area contributed by atoms with Crippen LogP contribution in [0.15, 0.2) is 17.0 Å². The smallest absolute Gasteiger partial charge is 0.0419 e. The zero-order chi connectivity index (χ0) is 20.2. The van der Waals surface area contributed by atoms with E-state index in [9.17, 15) is 0 Å². The van der Waals surface area contributed by atoms with E-state index in [4.69, 9.17) is 5.73 Å². The Bertz CT molecular complexity index is 201. The van der Waals surface area contributed by atoms with Crippen molar-refractivity contribution in [1.82, 2.24) is 5.01 Å². The number of unbranched alkanes of at least 4 members (excludes halogenated alkanes) is 4. The van der Waals surface area contributed by atoms with E-state index in [-0.39, 0.29) is 0 Å². The molecular weight excluding hydrogens is 294 g/mol. The average Bonchev–Trinajstić information content (AvgIpc) is 2.68. The van der Waals surface area contributed by atoms with Crippen LogP contribution >= 0.6 is 0 Å². The molecule has 0 heterocycles. The zero-order valence-corrected chi connectivity index (χ0v) is 18.9. The highest BCUT2D eigenvalue weighted by molar-refractivity contribution is 5.23. The Labute approximate surface area is 155 Å². The van der Waals surface area contributed by atoms with Gasteiger partial charge in [-0.05, 0) is 19.3 Å². The molecule has 0 unspecified atom stereocenters. The number of rotatable bonds is 10. The molecule has 0 aromatic carbocycles. The predicted octanol–water partition coefficient (Wildman–Crippen LogP) is 7.58. The van der Waals surface area contributed by atoms with Crippen LogP contribution in [-0.4, -0.2) is 18.3 Å². The second kappa shape index (κ2) is 43.1. The Hall–Kier alpha value is -0.990. The van der Waals surface area contributed by atoms with E-state index in [1.165, 1.54) is 25.7 Å². The number of hydrogen-bond donors (Lipinski definition) is 1. The molecule has 0 aliphatic rings. The van der Waals surface area contributed by atoms with Gasteiger partial charge in [-0.2, -0.15) is 5.10 Å². The summed E-state index contributed by atoms with van der Waals surface area (Å²) in [6.07, 6.45) is 10.2. The quantitative estimate of drug-likeness (QED) is 0.252. The molecule has 0 radical (unpaired) electrons. The maximum absolute atomic E-state index is 5.90. The van der Waals surface area contributed by atoms with Gasteiger partial charge in [0.25, 0.3) is 0 Å². The molecule has 0 atom stereocenters. The Morgan fingerprint density at radius 2 is 1.29 bits per heavy atom. The molecule has 3 heteroatoms. The molecule has 0 aromatic rings. The molecule has 0 aliphatic heterocycles. The van der Waals surface area contributed by atoms with Crippen LogP contribution in [-0.2, 0) is 0 Å². The van der Waals surface area contributed by atoms with Crippen molar-refractivity contribution < 1.29 is 0 Å². The van der Waals surface area contributed by atoms with Crippen molar-refractivity contribution in [3.05, 3.63) is 11.9 Å². The first-order valence-corrected chi connectivity index (χ1v) is 10.4. The lowest BCUT2D eigenvalue weighted by molar-refractivity contribution is 0.381. The fourth-order valence-electron chi connectivity index (χ4n) is 1.51. The monoisotopic (exact) mass is 345 g/mol.